The van der Waals surface area contributed by atoms with E-state index in [-0.39, 0.29) is 25.7 Å². The molecule has 0 bridgehead atoms. The fourth-order valence-electron chi connectivity index (χ4n) is 10.3. The molecule has 3 unspecified atom stereocenters. The maximum atomic E-state index is 13.0. The van der Waals surface area contributed by atoms with E-state index in [4.69, 9.17) is 37.0 Å². The van der Waals surface area contributed by atoms with E-state index in [9.17, 15) is 43.2 Å². The first kappa shape index (κ1) is 86.1. The highest BCUT2D eigenvalue weighted by atomic mass is 31.2. The molecule has 19 heteroatoms. The van der Waals surface area contributed by atoms with Crippen molar-refractivity contribution < 1.29 is 80.2 Å². The van der Waals surface area contributed by atoms with Gasteiger partial charge in [-0.15, -0.1) is 0 Å². The van der Waals surface area contributed by atoms with Crippen LogP contribution in [0.1, 0.15) is 344 Å². The number of aliphatic hydroxyl groups excluding tert-OH is 1. The summed E-state index contributed by atoms with van der Waals surface area (Å²) in [5, 5.41) is 10.6. The van der Waals surface area contributed by atoms with Crippen molar-refractivity contribution in [1.29, 1.82) is 0 Å². The average Bonchev–Trinajstić information content (AvgIpc) is 3.60. The van der Waals surface area contributed by atoms with Crippen molar-refractivity contribution in [2.24, 2.45) is 17.8 Å². The summed E-state index contributed by atoms with van der Waals surface area (Å²) in [6.07, 6.45) is 43.0. The van der Waals surface area contributed by atoms with Gasteiger partial charge in [0.05, 0.1) is 26.4 Å². The van der Waals surface area contributed by atoms with E-state index in [0.29, 0.717) is 31.6 Å². The zero-order chi connectivity index (χ0) is 65.2. The molecule has 17 nitrogen and oxygen atoms in total. The Hall–Kier alpha value is -1.94. The molecule has 0 heterocycles. The highest BCUT2D eigenvalue weighted by Crippen LogP contribution is 2.45. The minimum atomic E-state index is -4.95. The normalized spacial score (nSPS) is 14.5. The predicted octanol–water partition coefficient (Wildman–Crippen LogP) is 19.5. The summed E-state index contributed by atoms with van der Waals surface area (Å²) in [6, 6.07) is 0. The van der Waals surface area contributed by atoms with Crippen molar-refractivity contribution >= 4 is 39.5 Å². The quantitative estimate of drug-likeness (QED) is 0.0222. The molecule has 3 N–H and O–H groups in total. The Morgan fingerprint density at radius 1 is 0.330 bits per heavy atom. The molecule has 0 saturated carbocycles. The van der Waals surface area contributed by atoms with Crippen molar-refractivity contribution in [2.75, 3.05) is 39.6 Å². The number of hydrogen-bond acceptors (Lipinski definition) is 15. The molecule has 0 aliphatic rings. The second-order valence-electron chi connectivity index (χ2n) is 26.1. The van der Waals surface area contributed by atoms with Crippen LogP contribution in [0.4, 0.5) is 0 Å². The minimum Gasteiger partial charge on any atom is -0.462 e. The fraction of sp³-hybridized carbons (Fsp3) is 0.942. The van der Waals surface area contributed by atoms with Crippen LogP contribution < -0.4 is 0 Å². The van der Waals surface area contributed by atoms with Crippen molar-refractivity contribution in [3.63, 3.8) is 0 Å². The molecule has 0 rings (SSSR count). The van der Waals surface area contributed by atoms with Gasteiger partial charge in [0.1, 0.15) is 19.3 Å². The van der Waals surface area contributed by atoms with Gasteiger partial charge in [0.15, 0.2) is 12.2 Å². The van der Waals surface area contributed by atoms with Gasteiger partial charge in [-0.1, -0.05) is 292 Å². The number of hydrogen-bond donors (Lipinski definition) is 3. The molecule has 0 aromatic heterocycles. The maximum Gasteiger partial charge on any atom is 0.472 e. The number of ether oxygens (including phenoxy) is 4. The molecule has 0 fully saturated rings. The first-order valence-electron chi connectivity index (χ1n) is 35.9. The SMILES string of the molecule is CCCCCCCCCCCCCC(=O)O[C@H](COC(=O)CCCCCCCCC(C)C)COP(=O)(O)OC[C@H](O)COP(=O)(O)OC[C@@H](COC(=O)CCCCCCCCCCCCC(C)CC)OC(=O)CCCCCCCCCCCCCC(C)C. The number of esters is 4. The van der Waals surface area contributed by atoms with Crippen LogP contribution in [0.25, 0.3) is 0 Å². The molecule has 6 atom stereocenters. The lowest BCUT2D eigenvalue weighted by molar-refractivity contribution is -0.161. The van der Waals surface area contributed by atoms with Crippen molar-refractivity contribution in [3.05, 3.63) is 0 Å². The Kier molecular flexibility index (Phi) is 58.7. The number of aliphatic hydroxyl groups is 1. The number of phosphoric ester groups is 2. The minimum absolute atomic E-state index is 0.105. The highest BCUT2D eigenvalue weighted by molar-refractivity contribution is 7.47. The Morgan fingerprint density at radius 3 is 0.864 bits per heavy atom. The molecule has 0 aromatic rings. The third-order valence-electron chi connectivity index (χ3n) is 16.2. The molecule has 0 amide bonds. The third-order valence-corrected chi connectivity index (χ3v) is 18.1. The molecule has 0 aliphatic heterocycles. The van der Waals surface area contributed by atoms with Crippen LogP contribution >= 0.6 is 15.6 Å². The molecule has 0 aliphatic carbocycles. The van der Waals surface area contributed by atoms with E-state index in [1.807, 2.05) is 0 Å². The lowest BCUT2D eigenvalue weighted by atomic mass is 9.99. The zero-order valence-electron chi connectivity index (χ0n) is 57.2. The summed E-state index contributed by atoms with van der Waals surface area (Å²) in [5.74, 6) is 0.126. The zero-order valence-corrected chi connectivity index (χ0v) is 59.0. The van der Waals surface area contributed by atoms with Crippen LogP contribution in [-0.2, 0) is 65.4 Å². The van der Waals surface area contributed by atoms with Gasteiger partial charge in [0, 0.05) is 25.7 Å². The third kappa shape index (κ3) is 61.6. The molecule has 522 valence electrons. The van der Waals surface area contributed by atoms with Gasteiger partial charge in [-0.25, -0.2) is 9.13 Å². The second kappa shape index (κ2) is 60.0. The Balaban J connectivity index is 5.25. The van der Waals surface area contributed by atoms with Crippen LogP contribution in [0.5, 0.6) is 0 Å². The van der Waals surface area contributed by atoms with Crippen LogP contribution in [0.2, 0.25) is 0 Å². The molecule has 0 saturated heterocycles. The van der Waals surface area contributed by atoms with Crippen molar-refractivity contribution in [2.45, 2.75) is 362 Å². The molecule has 88 heavy (non-hydrogen) atoms. The van der Waals surface area contributed by atoms with E-state index >= 15 is 0 Å². The average molecular weight is 1300 g/mol. The van der Waals surface area contributed by atoms with Crippen LogP contribution in [0.15, 0.2) is 0 Å². The van der Waals surface area contributed by atoms with Crippen molar-refractivity contribution in [1.82, 2.24) is 0 Å². The summed E-state index contributed by atoms with van der Waals surface area (Å²) in [6.45, 7) is 11.8. The first-order chi connectivity index (χ1) is 42.3. The highest BCUT2D eigenvalue weighted by Gasteiger charge is 2.30. The summed E-state index contributed by atoms with van der Waals surface area (Å²) in [7, 11) is -9.90. The summed E-state index contributed by atoms with van der Waals surface area (Å²) < 4.78 is 68.2. The van der Waals surface area contributed by atoms with Gasteiger partial charge in [-0.2, -0.15) is 0 Å². The summed E-state index contributed by atoms with van der Waals surface area (Å²) >= 11 is 0. The summed E-state index contributed by atoms with van der Waals surface area (Å²) in [4.78, 5) is 72.5. The predicted molar refractivity (Wildman–Crippen MR) is 354 cm³/mol. The largest absolute Gasteiger partial charge is 0.472 e. The lowest BCUT2D eigenvalue weighted by Crippen LogP contribution is -2.30. The molecular weight excluding hydrogens is 1160 g/mol. The Morgan fingerprint density at radius 2 is 0.580 bits per heavy atom. The standard InChI is InChI=1S/C69H134O17P2/c1-8-10-11-12-13-14-16-24-29-38-45-52-68(73)86-65(57-80-67(72)51-44-37-32-31-34-41-48-61(5)6)59-84-88(77,78)82-55-63(70)54-81-87(75,76)83-58-64(85-69(74)53-46-39-30-25-18-15-17-21-26-33-40-47-60(3)4)56-79-66(71)50-43-36-28-23-20-19-22-27-35-42-49-62(7)9-2/h60-65,70H,8-59H2,1-7H3,(H,75,76)(H,77,78)/t62?,63-,64-,65-/m1/s1. The van der Waals surface area contributed by atoms with Crippen LogP contribution in [-0.4, -0.2) is 96.7 Å². The summed E-state index contributed by atoms with van der Waals surface area (Å²) in [5.41, 5.74) is 0. The van der Waals surface area contributed by atoms with Gasteiger partial charge in [0.25, 0.3) is 0 Å². The number of rotatable bonds is 67. The fourth-order valence-corrected chi connectivity index (χ4v) is 11.9. The first-order valence-corrected chi connectivity index (χ1v) is 38.9. The van der Waals surface area contributed by atoms with Gasteiger partial charge in [-0.05, 0) is 43.4 Å². The number of carbonyl (C=O) groups excluding carboxylic acids is 4. The van der Waals surface area contributed by atoms with Crippen LogP contribution in [0.3, 0.4) is 0 Å². The van der Waals surface area contributed by atoms with Gasteiger partial charge < -0.3 is 33.8 Å². The number of phosphoric acid groups is 2. The van der Waals surface area contributed by atoms with E-state index in [2.05, 4.69) is 48.5 Å². The van der Waals surface area contributed by atoms with Crippen LogP contribution in [0, 0.1) is 17.8 Å². The maximum absolute atomic E-state index is 13.0. The topological polar surface area (TPSA) is 237 Å². The van der Waals surface area contributed by atoms with Crippen molar-refractivity contribution in [3.8, 4) is 0 Å². The second-order valence-corrected chi connectivity index (χ2v) is 29.0. The van der Waals surface area contributed by atoms with Gasteiger partial charge in [0.2, 0.25) is 0 Å². The lowest BCUT2D eigenvalue weighted by Gasteiger charge is -2.21. The van der Waals surface area contributed by atoms with Gasteiger partial charge >= 0.3 is 39.5 Å². The van der Waals surface area contributed by atoms with E-state index in [1.165, 1.54) is 148 Å². The van der Waals surface area contributed by atoms with E-state index < -0.39 is 97.5 Å². The molecule has 0 spiro atoms. The number of unbranched alkanes of at least 4 members (excludes halogenated alkanes) is 34. The molecular formula is C69H134O17P2. The molecule has 0 radical (unpaired) electrons. The monoisotopic (exact) mass is 1300 g/mol. The molecule has 0 aromatic carbocycles. The smallest absolute Gasteiger partial charge is 0.462 e. The Labute approximate surface area is 537 Å². The van der Waals surface area contributed by atoms with E-state index in [0.717, 1.165) is 108 Å². The van der Waals surface area contributed by atoms with E-state index in [1.54, 1.807) is 0 Å². The van der Waals surface area contributed by atoms with Gasteiger partial charge in [-0.3, -0.25) is 37.3 Å². The Bertz CT molecular complexity index is 1730. The number of carbonyl (C=O) groups is 4.